The Hall–Kier alpha value is -0.680. The summed E-state index contributed by atoms with van der Waals surface area (Å²) in [6.45, 7) is 2.31. The quantitative estimate of drug-likeness (QED) is 0.576. The van der Waals surface area contributed by atoms with Crippen LogP contribution in [0.3, 0.4) is 0 Å². The average Bonchev–Trinajstić information content (AvgIpc) is 2.38. The second-order valence-electron chi connectivity index (χ2n) is 2.65. The molecule has 0 saturated heterocycles. The lowest BCUT2D eigenvalue weighted by atomic mass is 10.3. The van der Waals surface area contributed by atoms with Gasteiger partial charge in [0.25, 0.3) is 0 Å². The zero-order valence-electron chi connectivity index (χ0n) is 7.19. The largest absolute Gasteiger partial charge is 0.220 e. The maximum atomic E-state index is 11.2. The van der Waals surface area contributed by atoms with E-state index in [1.807, 2.05) is 13.0 Å². The zero-order valence-corrected chi connectivity index (χ0v) is 8.00. The number of nitrogens with one attached hydrogen (secondary N) is 1. The van der Waals surface area contributed by atoms with Crippen LogP contribution in [0.25, 0.3) is 0 Å². The van der Waals surface area contributed by atoms with Gasteiger partial charge < -0.3 is 0 Å². The molecule has 0 aromatic rings. The standard InChI is InChI=1S/C7H12N2O2S/c1-3-9(12(2,10)11)7-4-5-8-6-7/h4-7H,3H2,1-2H3/p+1. The first-order valence-corrected chi connectivity index (χ1v) is 5.63. The monoisotopic (exact) mass is 189 g/mol. The molecule has 1 aliphatic rings. The van der Waals surface area contributed by atoms with Crippen molar-refractivity contribution < 1.29 is 13.4 Å². The van der Waals surface area contributed by atoms with Gasteiger partial charge in [0.15, 0.2) is 12.4 Å². The van der Waals surface area contributed by atoms with Crippen LogP contribution >= 0.6 is 0 Å². The lowest BCUT2D eigenvalue weighted by Crippen LogP contribution is -2.61. The van der Waals surface area contributed by atoms with Gasteiger partial charge in [0.05, 0.1) is 6.26 Å². The van der Waals surface area contributed by atoms with Crippen LogP contribution in [0.4, 0.5) is 0 Å². The van der Waals surface area contributed by atoms with Gasteiger partial charge in [0.1, 0.15) is 6.04 Å². The van der Waals surface area contributed by atoms with Gasteiger partial charge in [-0.05, 0) is 0 Å². The van der Waals surface area contributed by atoms with E-state index in [0.717, 1.165) is 0 Å². The SMILES string of the molecule is CCN(C1C=C[NH+]=C1)S(C)(=O)=O. The molecule has 0 amide bonds. The van der Waals surface area contributed by atoms with Gasteiger partial charge in [0, 0.05) is 12.6 Å². The fraction of sp³-hybridized carbons (Fsp3) is 0.571. The van der Waals surface area contributed by atoms with E-state index in [0.29, 0.717) is 6.54 Å². The minimum atomic E-state index is -3.09. The number of hydrogen-bond donors (Lipinski definition) is 1. The van der Waals surface area contributed by atoms with Gasteiger partial charge in [0.2, 0.25) is 10.0 Å². The van der Waals surface area contributed by atoms with Crippen molar-refractivity contribution in [3.63, 3.8) is 0 Å². The molecule has 1 unspecified atom stereocenters. The third kappa shape index (κ3) is 1.92. The summed E-state index contributed by atoms with van der Waals surface area (Å²) in [4.78, 5) is 2.85. The van der Waals surface area contributed by atoms with Crippen molar-refractivity contribution in [3.05, 3.63) is 12.3 Å². The lowest BCUT2D eigenvalue weighted by Gasteiger charge is -2.19. The minimum Gasteiger partial charge on any atom is -0.220 e. The molecule has 1 atom stereocenters. The molecular weight excluding hydrogens is 176 g/mol. The average molecular weight is 189 g/mol. The molecule has 0 radical (unpaired) electrons. The number of hydrogen-bond acceptors (Lipinski definition) is 2. The normalized spacial score (nSPS) is 22.4. The fourth-order valence-corrected chi connectivity index (χ4v) is 2.25. The summed E-state index contributed by atoms with van der Waals surface area (Å²) in [6.07, 6.45) is 6.50. The third-order valence-corrected chi connectivity index (χ3v) is 3.08. The van der Waals surface area contributed by atoms with Crippen LogP contribution in [0, 0.1) is 0 Å². The van der Waals surface area contributed by atoms with Crippen molar-refractivity contribution >= 4 is 16.2 Å². The summed E-state index contributed by atoms with van der Waals surface area (Å²) in [5.74, 6) is 0. The first-order chi connectivity index (χ1) is 5.55. The van der Waals surface area contributed by atoms with Crippen LogP contribution in [0.1, 0.15) is 6.92 Å². The Morgan fingerprint density at radius 3 is 2.58 bits per heavy atom. The Kier molecular flexibility index (Phi) is 2.64. The Labute approximate surface area is 72.6 Å². The van der Waals surface area contributed by atoms with E-state index in [2.05, 4.69) is 4.99 Å². The Bertz CT molecular complexity index is 293. The van der Waals surface area contributed by atoms with Crippen LogP contribution in [0.5, 0.6) is 0 Å². The number of rotatable bonds is 3. The molecule has 0 aromatic carbocycles. The molecule has 0 spiro atoms. The van der Waals surface area contributed by atoms with Crippen molar-refractivity contribution in [2.24, 2.45) is 0 Å². The molecule has 0 aliphatic carbocycles. The maximum absolute atomic E-state index is 11.2. The molecule has 12 heavy (non-hydrogen) atoms. The zero-order chi connectivity index (χ0) is 9.19. The lowest BCUT2D eigenvalue weighted by molar-refractivity contribution is -0.363. The first kappa shape index (κ1) is 9.41. The van der Waals surface area contributed by atoms with Crippen LogP contribution < -0.4 is 4.99 Å². The van der Waals surface area contributed by atoms with E-state index in [1.54, 1.807) is 12.4 Å². The smallest absolute Gasteiger partial charge is 0.212 e. The van der Waals surface area contributed by atoms with Crippen LogP contribution in [-0.4, -0.2) is 37.8 Å². The molecule has 0 aromatic heterocycles. The molecule has 0 fully saturated rings. The van der Waals surface area contributed by atoms with E-state index in [4.69, 9.17) is 0 Å². The number of likely N-dealkylation sites (N-methyl/N-ethyl adjacent to an activating group) is 1. The summed E-state index contributed by atoms with van der Waals surface area (Å²) in [6, 6.07) is -0.134. The molecule has 1 aliphatic heterocycles. The van der Waals surface area contributed by atoms with Crippen LogP contribution in [0.15, 0.2) is 12.3 Å². The highest BCUT2D eigenvalue weighted by molar-refractivity contribution is 7.88. The summed E-state index contributed by atoms with van der Waals surface area (Å²) in [5.41, 5.74) is 0. The van der Waals surface area contributed by atoms with Crippen molar-refractivity contribution in [1.82, 2.24) is 4.31 Å². The molecule has 1 N–H and O–H groups in total. The van der Waals surface area contributed by atoms with Gasteiger partial charge in [-0.25, -0.2) is 13.4 Å². The van der Waals surface area contributed by atoms with E-state index in [-0.39, 0.29) is 6.04 Å². The highest BCUT2D eigenvalue weighted by atomic mass is 32.2. The van der Waals surface area contributed by atoms with Gasteiger partial charge >= 0.3 is 0 Å². The topological polar surface area (TPSA) is 51.4 Å². The maximum Gasteiger partial charge on any atom is 0.212 e. The van der Waals surface area contributed by atoms with Gasteiger partial charge in [-0.15, -0.1) is 0 Å². The molecule has 5 heteroatoms. The van der Waals surface area contributed by atoms with E-state index in [9.17, 15) is 8.42 Å². The van der Waals surface area contributed by atoms with Crippen molar-refractivity contribution in [2.75, 3.05) is 12.8 Å². The van der Waals surface area contributed by atoms with Crippen LogP contribution in [0.2, 0.25) is 0 Å². The molecule has 1 heterocycles. The second-order valence-corrected chi connectivity index (χ2v) is 4.58. The summed E-state index contributed by atoms with van der Waals surface area (Å²) in [7, 11) is -3.09. The third-order valence-electron chi connectivity index (χ3n) is 1.73. The van der Waals surface area contributed by atoms with Crippen LogP contribution in [-0.2, 0) is 10.0 Å². The van der Waals surface area contributed by atoms with E-state index >= 15 is 0 Å². The van der Waals surface area contributed by atoms with Gasteiger partial charge in [-0.1, -0.05) is 6.92 Å². The summed E-state index contributed by atoms with van der Waals surface area (Å²) < 4.78 is 23.8. The van der Waals surface area contributed by atoms with Gasteiger partial charge in [-0.3, -0.25) is 0 Å². The van der Waals surface area contributed by atoms with Crippen molar-refractivity contribution in [3.8, 4) is 0 Å². The molecule has 1 rings (SSSR count). The van der Waals surface area contributed by atoms with Gasteiger partial charge in [-0.2, -0.15) is 4.31 Å². The van der Waals surface area contributed by atoms with E-state index in [1.165, 1.54) is 10.6 Å². The number of nitrogens with zero attached hydrogens (tertiary/aromatic N) is 1. The number of sulfonamides is 1. The summed E-state index contributed by atoms with van der Waals surface area (Å²) in [5, 5.41) is 0. The minimum absolute atomic E-state index is 0.134. The van der Waals surface area contributed by atoms with Crippen molar-refractivity contribution in [1.29, 1.82) is 0 Å². The summed E-state index contributed by atoms with van der Waals surface area (Å²) >= 11 is 0. The van der Waals surface area contributed by atoms with E-state index < -0.39 is 10.0 Å². The molecule has 4 nitrogen and oxygen atoms in total. The Morgan fingerprint density at radius 1 is 1.58 bits per heavy atom. The second kappa shape index (κ2) is 3.37. The Morgan fingerprint density at radius 2 is 2.25 bits per heavy atom. The molecule has 68 valence electrons. The first-order valence-electron chi connectivity index (χ1n) is 3.78. The highest BCUT2D eigenvalue weighted by Gasteiger charge is 2.25. The predicted octanol–water partition coefficient (Wildman–Crippen LogP) is -1.68. The predicted molar refractivity (Wildman–Crippen MR) is 47.2 cm³/mol. The molecule has 0 bridgehead atoms. The molecule has 0 saturated carbocycles. The Balaban J connectivity index is 2.83. The van der Waals surface area contributed by atoms with Crippen molar-refractivity contribution in [2.45, 2.75) is 13.0 Å². The highest BCUT2D eigenvalue weighted by Crippen LogP contribution is 2.04. The fourth-order valence-electron chi connectivity index (χ4n) is 1.21. The molecular formula is C7H13N2O2S+.